The molecule has 4 saturated carbocycles. The summed E-state index contributed by atoms with van der Waals surface area (Å²) in [7, 11) is 0. The first-order valence-electron chi connectivity index (χ1n) is 11.6. The molecular weight excluding hydrogens is 300 g/mol. The van der Waals surface area contributed by atoms with Crippen LogP contribution >= 0.6 is 0 Å². The van der Waals surface area contributed by atoms with E-state index in [0.29, 0.717) is 0 Å². The fourth-order valence-electron chi connectivity index (χ4n) is 8.32. The molecule has 8 atom stereocenters. The topological polar surface area (TPSA) is 0 Å². The van der Waals surface area contributed by atoms with Crippen molar-refractivity contribution in [1.29, 1.82) is 0 Å². The summed E-state index contributed by atoms with van der Waals surface area (Å²) in [5.41, 5.74) is 0. The Morgan fingerprint density at radius 3 is 2.12 bits per heavy atom. The van der Waals surface area contributed by atoms with Crippen molar-refractivity contribution in [3.63, 3.8) is 0 Å². The lowest BCUT2D eigenvalue weighted by molar-refractivity contribution is -0.0286. The quantitative estimate of drug-likeness (QED) is 0.429. The van der Waals surface area contributed by atoms with Crippen molar-refractivity contribution in [1.82, 2.24) is 0 Å². The van der Waals surface area contributed by atoms with E-state index in [1.807, 2.05) is 0 Å². The minimum absolute atomic E-state index is 0. The van der Waals surface area contributed by atoms with Gasteiger partial charge in [-0.1, -0.05) is 51.7 Å². The lowest BCUT2D eigenvalue weighted by Gasteiger charge is -2.52. The Labute approximate surface area is 157 Å². The molecule has 5 aliphatic carbocycles. The first-order chi connectivity index (χ1) is 11.9. The van der Waals surface area contributed by atoms with Crippen molar-refractivity contribution in [2.45, 2.75) is 97.3 Å². The molecule has 5 rings (SSSR count). The smallest absolute Gasteiger partial charge is 0.0202 e. The number of rotatable bonds is 1. The Hall–Kier alpha value is -0.260. The minimum atomic E-state index is 0. The molecule has 5 aliphatic rings. The molecule has 142 valence electrons. The van der Waals surface area contributed by atoms with E-state index in [-0.39, 0.29) is 7.43 Å². The first-order valence-corrected chi connectivity index (χ1v) is 11.6. The monoisotopic (exact) mass is 342 g/mol. The van der Waals surface area contributed by atoms with E-state index in [9.17, 15) is 0 Å². The molecule has 0 heteroatoms. The minimum Gasteiger partial charge on any atom is -0.0882 e. The Kier molecular flexibility index (Phi) is 5.63. The molecule has 0 aliphatic heterocycles. The van der Waals surface area contributed by atoms with Gasteiger partial charge in [0, 0.05) is 0 Å². The molecule has 0 nitrogen and oxygen atoms in total. The van der Waals surface area contributed by atoms with Gasteiger partial charge in [-0.25, -0.2) is 0 Å². The van der Waals surface area contributed by atoms with Gasteiger partial charge in [-0.05, 0) is 105 Å². The fraction of sp³-hybridized carbons (Fsp3) is 0.920. The molecule has 0 spiro atoms. The Bertz CT molecular complexity index is 463. The van der Waals surface area contributed by atoms with Gasteiger partial charge < -0.3 is 0 Å². The van der Waals surface area contributed by atoms with Crippen LogP contribution in [0.1, 0.15) is 97.3 Å². The third-order valence-corrected chi connectivity index (χ3v) is 9.24. The predicted octanol–water partition coefficient (Wildman–Crippen LogP) is 7.64. The SMILES string of the molecule is C.C1=CC2CC(C3C4CCCCC4CC4CCCC43)CCC2CCC1. The van der Waals surface area contributed by atoms with Gasteiger partial charge in [0.1, 0.15) is 0 Å². The van der Waals surface area contributed by atoms with Crippen LogP contribution in [-0.2, 0) is 0 Å². The highest BCUT2D eigenvalue weighted by molar-refractivity contribution is 5.03. The van der Waals surface area contributed by atoms with Crippen LogP contribution in [0.2, 0.25) is 0 Å². The number of hydrogen-bond donors (Lipinski definition) is 0. The average Bonchev–Trinajstić information content (AvgIpc) is 2.95. The first kappa shape index (κ1) is 18.1. The molecule has 25 heavy (non-hydrogen) atoms. The van der Waals surface area contributed by atoms with Crippen LogP contribution in [0, 0.1) is 47.3 Å². The van der Waals surface area contributed by atoms with Gasteiger partial charge in [0.05, 0.1) is 0 Å². The third-order valence-electron chi connectivity index (χ3n) is 9.24. The van der Waals surface area contributed by atoms with Crippen molar-refractivity contribution in [3.8, 4) is 0 Å². The molecule has 0 radical (unpaired) electrons. The summed E-state index contributed by atoms with van der Waals surface area (Å²) in [5.74, 6) is 8.76. The Morgan fingerprint density at radius 2 is 1.24 bits per heavy atom. The van der Waals surface area contributed by atoms with Crippen molar-refractivity contribution < 1.29 is 0 Å². The van der Waals surface area contributed by atoms with Crippen LogP contribution in [0.4, 0.5) is 0 Å². The van der Waals surface area contributed by atoms with Gasteiger partial charge >= 0.3 is 0 Å². The van der Waals surface area contributed by atoms with Gasteiger partial charge in [0.15, 0.2) is 0 Å². The Morgan fingerprint density at radius 1 is 0.560 bits per heavy atom. The van der Waals surface area contributed by atoms with Crippen LogP contribution in [-0.4, -0.2) is 0 Å². The summed E-state index contributed by atoms with van der Waals surface area (Å²) in [6.07, 6.45) is 26.9. The summed E-state index contributed by atoms with van der Waals surface area (Å²) in [6.45, 7) is 0. The van der Waals surface area contributed by atoms with E-state index in [1.165, 1.54) is 19.3 Å². The van der Waals surface area contributed by atoms with Crippen LogP contribution in [0.3, 0.4) is 0 Å². The van der Waals surface area contributed by atoms with Crippen molar-refractivity contribution in [2.24, 2.45) is 47.3 Å². The molecule has 0 aromatic heterocycles. The molecule has 0 aromatic rings. The molecule has 0 amide bonds. The van der Waals surface area contributed by atoms with Gasteiger partial charge in [-0.2, -0.15) is 0 Å². The van der Waals surface area contributed by atoms with Crippen LogP contribution < -0.4 is 0 Å². The molecule has 0 heterocycles. The molecule has 8 unspecified atom stereocenters. The number of allylic oxidation sites excluding steroid dienone is 2. The highest BCUT2D eigenvalue weighted by Crippen LogP contribution is 2.59. The summed E-state index contributed by atoms with van der Waals surface area (Å²) in [4.78, 5) is 0. The molecule has 0 N–H and O–H groups in total. The van der Waals surface area contributed by atoms with Crippen molar-refractivity contribution in [2.75, 3.05) is 0 Å². The highest BCUT2D eigenvalue weighted by Gasteiger charge is 2.50. The standard InChI is InChI=1S/C24H38.CH4/c1-2-7-17-13-14-21(15-18(17)8-3-1)24-22-11-5-4-9-19(22)16-20-10-6-12-23(20)24;/h3,8,17-24H,1-2,4-7,9-16H2;1H4. The van der Waals surface area contributed by atoms with Crippen molar-refractivity contribution >= 4 is 0 Å². The zero-order chi connectivity index (χ0) is 15.9. The van der Waals surface area contributed by atoms with Gasteiger partial charge in [0.25, 0.3) is 0 Å². The molecule has 0 saturated heterocycles. The van der Waals surface area contributed by atoms with Gasteiger partial charge in [0.2, 0.25) is 0 Å². The lowest BCUT2D eigenvalue weighted by Crippen LogP contribution is -2.45. The van der Waals surface area contributed by atoms with Crippen LogP contribution in [0.15, 0.2) is 12.2 Å². The number of fused-ring (bicyclic) bond motifs is 3. The molecule has 0 aromatic carbocycles. The van der Waals surface area contributed by atoms with Crippen LogP contribution in [0.5, 0.6) is 0 Å². The van der Waals surface area contributed by atoms with E-state index < -0.39 is 0 Å². The summed E-state index contributed by atoms with van der Waals surface area (Å²) in [6, 6.07) is 0. The highest BCUT2D eigenvalue weighted by atomic mass is 14.5. The second kappa shape index (κ2) is 7.77. The molecular formula is C25H42. The third kappa shape index (κ3) is 3.37. The van der Waals surface area contributed by atoms with E-state index >= 15 is 0 Å². The maximum atomic E-state index is 2.66. The number of hydrogen-bond acceptors (Lipinski definition) is 0. The fourth-order valence-corrected chi connectivity index (χ4v) is 8.32. The van der Waals surface area contributed by atoms with E-state index in [0.717, 1.165) is 47.3 Å². The largest absolute Gasteiger partial charge is 0.0882 e. The molecule has 0 bridgehead atoms. The normalized spacial score (nSPS) is 49.3. The van der Waals surface area contributed by atoms with E-state index in [4.69, 9.17) is 0 Å². The zero-order valence-corrected chi connectivity index (χ0v) is 15.7. The summed E-state index contributed by atoms with van der Waals surface area (Å²) < 4.78 is 0. The van der Waals surface area contributed by atoms with Gasteiger partial charge in [-0.15, -0.1) is 0 Å². The summed E-state index contributed by atoms with van der Waals surface area (Å²) >= 11 is 0. The maximum absolute atomic E-state index is 2.66. The second-order valence-corrected chi connectivity index (χ2v) is 10.2. The molecule has 4 fully saturated rings. The average molecular weight is 343 g/mol. The second-order valence-electron chi connectivity index (χ2n) is 10.2. The van der Waals surface area contributed by atoms with E-state index in [1.54, 1.807) is 70.6 Å². The zero-order valence-electron chi connectivity index (χ0n) is 15.7. The summed E-state index contributed by atoms with van der Waals surface area (Å²) in [5, 5.41) is 0. The van der Waals surface area contributed by atoms with Gasteiger partial charge in [-0.3, -0.25) is 0 Å². The Balaban J connectivity index is 0.00000157. The predicted molar refractivity (Wildman–Crippen MR) is 108 cm³/mol. The maximum Gasteiger partial charge on any atom is -0.0202 e. The van der Waals surface area contributed by atoms with E-state index in [2.05, 4.69) is 12.2 Å². The van der Waals surface area contributed by atoms with Crippen LogP contribution in [0.25, 0.3) is 0 Å². The lowest BCUT2D eigenvalue weighted by atomic mass is 9.53. The van der Waals surface area contributed by atoms with Crippen molar-refractivity contribution in [3.05, 3.63) is 12.2 Å².